The quantitative estimate of drug-likeness (QED) is 0.218. The lowest BCUT2D eigenvalue weighted by atomic mass is 9.73. The summed E-state index contributed by atoms with van der Waals surface area (Å²) in [5.41, 5.74) is -2.53. The first-order chi connectivity index (χ1) is 22.4. The fourth-order valence-corrected chi connectivity index (χ4v) is 7.74. The van der Waals surface area contributed by atoms with E-state index in [-0.39, 0.29) is 37.7 Å². The largest absolute Gasteiger partial charge is 0.459 e. The fraction of sp³-hybridized carbons (Fsp3) is 0.943. The molecule has 3 saturated heterocycles. The van der Waals surface area contributed by atoms with Crippen LogP contribution in [0.1, 0.15) is 87.5 Å². The van der Waals surface area contributed by atoms with E-state index in [4.69, 9.17) is 28.5 Å². The van der Waals surface area contributed by atoms with Crippen molar-refractivity contribution in [3.05, 3.63) is 0 Å². The topological polar surface area (TPSA) is 169 Å². The molecule has 0 spiro atoms. The molecule has 13 heteroatoms. The smallest absolute Gasteiger partial charge is 0.311 e. The van der Waals surface area contributed by atoms with Gasteiger partial charge in [0.2, 0.25) is 0 Å². The van der Waals surface area contributed by atoms with E-state index in [1.54, 1.807) is 34.8 Å². The molecule has 3 fully saturated rings. The molecule has 3 aliphatic heterocycles. The van der Waals surface area contributed by atoms with Gasteiger partial charge >= 0.3 is 5.97 Å². The van der Waals surface area contributed by atoms with Crippen LogP contribution in [0.15, 0.2) is 5.16 Å². The van der Waals surface area contributed by atoms with Gasteiger partial charge in [-0.25, -0.2) is 0 Å². The van der Waals surface area contributed by atoms with Crippen molar-refractivity contribution in [1.29, 1.82) is 0 Å². The standard InChI is InChI=1S/C35H64N2O11/c1-12-26-35(8,42)30(40)21(4)27(36-45-18-24-14-13-15-44-24)19(2)17-34(7,43-11)31(22(5)28(38)23(6)32(41)47-26)48-33-29(39)25(37(9)10)16-20(3)46-33/h19-26,28-31,33,38-40,42H,12-18H2,1-11H3/b36-27+/t19-,20?,21+,22+,23-,24?,25?,26-,28+,29?,30-,31-,33?,34-,35-/m1/s1. The second kappa shape index (κ2) is 17.2. The SMILES string of the molecule is CC[C@H]1OC(=O)[C@H](C)[C@@H](O)[C@H](C)[C@@H](OC2OC(C)CC(N(C)C)C2O)[C@](C)(OC)C[C@@H](C)/C(=N\OCC2CCCO2)[C@H](C)[C@@H](O)[C@]1(C)O. The van der Waals surface area contributed by atoms with Crippen molar-refractivity contribution in [3.8, 4) is 0 Å². The molecule has 3 heterocycles. The Morgan fingerprint density at radius 1 is 1.04 bits per heavy atom. The van der Waals surface area contributed by atoms with Gasteiger partial charge in [-0.2, -0.15) is 0 Å². The van der Waals surface area contributed by atoms with Crippen LogP contribution in [-0.2, 0) is 33.3 Å². The van der Waals surface area contributed by atoms with Gasteiger partial charge in [0.05, 0.1) is 47.8 Å². The number of aliphatic hydroxyl groups is 4. The average molecular weight is 689 g/mol. The maximum absolute atomic E-state index is 13.5. The van der Waals surface area contributed by atoms with E-state index in [2.05, 4.69) is 5.16 Å². The van der Waals surface area contributed by atoms with Crippen LogP contribution in [0.5, 0.6) is 0 Å². The summed E-state index contributed by atoms with van der Waals surface area (Å²) in [5.74, 6) is -3.61. The first-order valence-corrected chi connectivity index (χ1v) is 17.7. The van der Waals surface area contributed by atoms with Crippen molar-refractivity contribution in [2.75, 3.05) is 34.4 Å². The Labute approximate surface area is 287 Å². The van der Waals surface area contributed by atoms with E-state index in [1.165, 1.54) is 6.92 Å². The zero-order valence-corrected chi connectivity index (χ0v) is 31.0. The Balaban J connectivity index is 2.11. The fourth-order valence-electron chi connectivity index (χ4n) is 7.74. The van der Waals surface area contributed by atoms with Gasteiger partial charge in [0.15, 0.2) is 6.29 Å². The Kier molecular flexibility index (Phi) is 14.7. The second-order valence-corrected chi connectivity index (χ2v) is 15.1. The third-order valence-corrected chi connectivity index (χ3v) is 11.0. The number of esters is 1. The summed E-state index contributed by atoms with van der Waals surface area (Å²) in [6.07, 6.45) is -4.10. The van der Waals surface area contributed by atoms with Crippen LogP contribution in [0.2, 0.25) is 0 Å². The lowest BCUT2D eigenvalue weighted by molar-refractivity contribution is -0.301. The number of hydrogen-bond donors (Lipinski definition) is 4. The predicted octanol–water partition coefficient (Wildman–Crippen LogP) is 2.50. The van der Waals surface area contributed by atoms with Gasteiger partial charge in [-0.1, -0.05) is 32.9 Å². The number of likely N-dealkylation sites (N-methyl/N-ethyl adjacent to an activating group) is 1. The first kappa shape index (κ1) is 41.0. The van der Waals surface area contributed by atoms with Gasteiger partial charge in [-0.15, -0.1) is 0 Å². The number of hydrogen-bond acceptors (Lipinski definition) is 13. The zero-order valence-electron chi connectivity index (χ0n) is 31.0. The maximum atomic E-state index is 13.5. The number of methoxy groups -OCH3 is 1. The van der Waals surface area contributed by atoms with Crippen molar-refractivity contribution < 1.29 is 53.7 Å². The molecule has 48 heavy (non-hydrogen) atoms. The monoisotopic (exact) mass is 688 g/mol. The number of oxime groups is 1. The minimum absolute atomic E-state index is 0.0861. The molecule has 0 bridgehead atoms. The molecule has 3 rings (SSSR count). The average Bonchev–Trinajstić information content (AvgIpc) is 3.56. The molecule has 0 aromatic heterocycles. The van der Waals surface area contributed by atoms with Gasteiger partial charge < -0.3 is 53.8 Å². The number of rotatable bonds is 8. The Morgan fingerprint density at radius 3 is 2.27 bits per heavy atom. The van der Waals surface area contributed by atoms with Crippen LogP contribution >= 0.6 is 0 Å². The van der Waals surface area contributed by atoms with Crippen molar-refractivity contribution in [3.63, 3.8) is 0 Å². The van der Waals surface area contributed by atoms with Crippen LogP contribution in [0.3, 0.4) is 0 Å². The van der Waals surface area contributed by atoms with Crippen molar-refractivity contribution in [1.82, 2.24) is 4.90 Å². The molecule has 0 saturated carbocycles. The van der Waals surface area contributed by atoms with Crippen LogP contribution in [0, 0.1) is 23.7 Å². The van der Waals surface area contributed by atoms with E-state index < -0.39 is 77.7 Å². The molecule has 15 atom stereocenters. The lowest BCUT2D eigenvalue weighted by Gasteiger charge is -2.48. The minimum Gasteiger partial charge on any atom is -0.459 e. The maximum Gasteiger partial charge on any atom is 0.311 e. The Morgan fingerprint density at radius 2 is 1.71 bits per heavy atom. The highest BCUT2D eigenvalue weighted by Gasteiger charge is 2.51. The number of nitrogens with zero attached hydrogens (tertiary/aromatic N) is 2. The van der Waals surface area contributed by atoms with E-state index in [0.717, 1.165) is 12.8 Å². The molecule has 13 nitrogen and oxygen atoms in total. The van der Waals surface area contributed by atoms with E-state index in [9.17, 15) is 25.2 Å². The van der Waals surface area contributed by atoms with Crippen LogP contribution in [-0.4, -0.2) is 138 Å². The number of aliphatic hydroxyl groups excluding tert-OH is 3. The van der Waals surface area contributed by atoms with Crippen LogP contribution in [0.4, 0.5) is 0 Å². The predicted molar refractivity (Wildman–Crippen MR) is 179 cm³/mol. The number of carbonyl (C=O) groups is 1. The molecule has 4 N–H and O–H groups in total. The summed E-state index contributed by atoms with van der Waals surface area (Å²) in [7, 11) is 5.33. The highest BCUT2D eigenvalue weighted by Crippen LogP contribution is 2.39. The highest BCUT2D eigenvalue weighted by molar-refractivity contribution is 5.88. The third kappa shape index (κ3) is 9.27. The second-order valence-electron chi connectivity index (χ2n) is 15.1. The molecular weight excluding hydrogens is 624 g/mol. The Hall–Kier alpha value is -1.42. The summed E-state index contributed by atoms with van der Waals surface area (Å²) in [5, 5.41) is 51.0. The van der Waals surface area contributed by atoms with Crippen molar-refractivity contribution in [2.24, 2.45) is 28.8 Å². The summed E-state index contributed by atoms with van der Waals surface area (Å²) < 4.78 is 30.6. The van der Waals surface area contributed by atoms with Gasteiger partial charge in [-0.05, 0) is 73.9 Å². The Bertz CT molecular complexity index is 1050. The van der Waals surface area contributed by atoms with E-state index in [1.807, 2.05) is 39.8 Å². The minimum atomic E-state index is -1.86. The van der Waals surface area contributed by atoms with E-state index >= 15 is 0 Å². The molecule has 280 valence electrons. The third-order valence-electron chi connectivity index (χ3n) is 11.0. The van der Waals surface area contributed by atoms with Gasteiger partial charge in [0, 0.05) is 37.5 Å². The van der Waals surface area contributed by atoms with Gasteiger partial charge in [0.25, 0.3) is 0 Å². The molecule has 5 unspecified atom stereocenters. The van der Waals surface area contributed by atoms with Crippen LogP contribution in [0.25, 0.3) is 0 Å². The molecule has 0 aliphatic carbocycles. The molecule has 0 radical (unpaired) electrons. The summed E-state index contributed by atoms with van der Waals surface area (Å²) in [6, 6.07) is -0.236. The number of ether oxygens (including phenoxy) is 5. The molecule has 0 aromatic carbocycles. The van der Waals surface area contributed by atoms with Crippen LogP contribution < -0.4 is 0 Å². The molecular formula is C35H64N2O11. The lowest BCUT2D eigenvalue weighted by Crippen LogP contribution is -2.60. The number of cyclic esters (lactones) is 1. The summed E-state index contributed by atoms with van der Waals surface area (Å²) >= 11 is 0. The first-order valence-electron chi connectivity index (χ1n) is 17.7. The normalized spacial score (nSPS) is 46.4. The number of carbonyl (C=O) groups excluding carboxylic acids is 1. The van der Waals surface area contributed by atoms with Gasteiger partial charge in [0.1, 0.15) is 24.4 Å². The van der Waals surface area contributed by atoms with Gasteiger partial charge in [-0.3, -0.25) is 4.79 Å². The molecule has 0 aromatic rings. The van der Waals surface area contributed by atoms with Crippen molar-refractivity contribution in [2.45, 2.75) is 154 Å². The van der Waals surface area contributed by atoms with Crippen molar-refractivity contribution >= 4 is 11.7 Å². The van der Waals surface area contributed by atoms with E-state index in [0.29, 0.717) is 18.7 Å². The zero-order chi connectivity index (χ0) is 36.1. The molecule has 0 amide bonds. The summed E-state index contributed by atoms with van der Waals surface area (Å²) in [6.45, 7) is 14.9. The highest BCUT2D eigenvalue weighted by atomic mass is 16.7. The summed E-state index contributed by atoms with van der Waals surface area (Å²) in [4.78, 5) is 21.3. The molecule has 3 aliphatic rings.